The number of nitrogens with one attached hydrogen (secondary N) is 1. The van der Waals surface area contributed by atoms with Gasteiger partial charge in [0.05, 0.1) is 19.3 Å². The van der Waals surface area contributed by atoms with Crippen LogP contribution in [0.1, 0.15) is 30.9 Å². The quantitative estimate of drug-likeness (QED) is 0.830. The van der Waals surface area contributed by atoms with Crippen molar-refractivity contribution in [3.63, 3.8) is 0 Å². The Morgan fingerprint density at radius 2 is 2.00 bits per heavy atom. The maximum atomic E-state index is 12.8. The van der Waals surface area contributed by atoms with Crippen molar-refractivity contribution in [1.29, 1.82) is 0 Å². The summed E-state index contributed by atoms with van der Waals surface area (Å²) in [4.78, 5) is 15.2. The van der Waals surface area contributed by atoms with Crippen LogP contribution >= 0.6 is 0 Å². The number of ether oxygens (including phenoxy) is 1. The summed E-state index contributed by atoms with van der Waals surface area (Å²) in [7, 11) is 0. The third-order valence-electron chi connectivity index (χ3n) is 5.36. The third kappa shape index (κ3) is 4.35. The molecule has 1 aliphatic carbocycles. The summed E-state index contributed by atoms with van der Waals surface area (Å²) in [6.07, 6.45) is 3.15. The van der Waals surface area contributed by atoms with Crippen molar-refractivity contribution in [2.45, 2.75) is 25.3 Å². The molecule has 1 saturated heterocycles. The zero-order valence-electron chi connectivity index (χ0n) is 14.3. The lowest BCUT2D eigenvalue weighted by molar-refractivity contribution is -0.127. The lowest BCUT2D eigenvalue weighted by Gasteiger charge is -2.32. The molecule has 132 valence electrons. The number of rotatable bonds is 6. The molecule has 5 heteroatoms. The zero-order chi connectivity index (χ0) is 16.8. The largest absolute Gasteiger partial charge is 0.379 e. The minimum Gasteiger partial charge on any atom is -0.379 e. The van der Waals surface area contributed by atoms with Crippen LogP contribution in [-0.2, 0) is 9.53 Å². The highest BCUT2D eigenvalue weighted by atomic mass is 16.5. The Kier molecular flexibility index (Phi) is 6.24. The van der Waals surface area contributed by atoms with Crippen molar-refractivity contribution in [1.82, 2.24) is 10.2 Å². The molecule has 24 heavy (non-hydrogen) atoms. The lowest BCUT2D eigenvalue weighted by atomic mass is 9.94. The lowest BCUT2D eigenvalue weighted by Crippen LogP contribution is -2.45. The van der Waals surface area contributed by atoms with Crippen molar-refractivity contribution < 1.29 is 9.53 Å². The standard InChI is InChI=1S/C19H29N3O2/c20-13-16-7-4-8-17(16)19(23)21-18(15-5-2-1-3-6-15)14-22-9-11-24-12-10-22/h1-3,5-6,16-18H,4,7-14,20H2,(H,21,23)/t16-,17-,18?/m1/s1. The molecule has 2 aliphatic rings. The van der Waals surface area contributed by atoms with Gasteiger partial charge in [-0.2, -0.15) is 0 Å². The van der Waals surface area contributed by atoms with Gasteiger partial charge in [0.15, 0.2) is 0 Å². The molecule has 2 fully saturated rings. The van der Waals surface area contributed by atoms with E-state index >= 15 is 0 Å². The highest BCUT2D eigenvalue weighted by Crippen LogP contribution is 2.31. The van der Waals surface area contributed by atoms with Crippen molar-refractivity contribution in [3.05, 3.63) is 35.9 Å². The molecule has 1 amide bonds. The van der Waals surface area contributed by atoms with E-state index < -0.39 is 0 Å². The van der Waals surface area contributed by atoms with Gasteiger partial charge in [-0.05, 0) is 30.9 Å². The van der Waals surface area contributed by atoms with E-state index in [1.807, 2.05) is 18.2 Å². The Balaban J connectivity index is 1.68. The normalized spacial score (nSPS) is 26.2. The first-order valence-corrected chi connectivity index (χ1v) is 9.13. The third-order valence-corrected chi connectivity index (χ3v) is 5.36. The molecular weight excluding hydrogens is 302 g/mol. The number of nitrogens with zero attached hydrogens (tertiary/aromatic N) is 1. The highest BCUT2D eigenvalue weighted by Gasteiger charge is 2.33. The Bertz CT molecular complexity index is 517. The number of nitrogens with two attached hydrogens (primary N) is 1. The monoisotopic (exact) mass is 331 g/mol. The van der Waals surface area contributed by atoms with Gasteiger partial charge in [-0.1, -0.05) is 36.8 Å². The van der Waals surface area contributed by atoms with E-state index in [2.05, 4.69) is 22.3 Å². The van der Waals surface area contributed by atoms with Crippen LogP contribution in [0.15, 0.2) is 30.3 Å². The Morgan fingerprint density at radius 3 is 2.71 bits per heavy atom. The zero-order valence-corrected chi connectivity index (χ0v) is 14.3. The maximum absolute atomic E-state index is 12.8. The van der Waals surface area contributed by atoms with Gasteiger partial charge >= 0.3 is 0 Å². The van der Waals surface area contributed by atoms with Gasteiger partial charge in [0.1, 0.15) is 0 Å². The smallest absolute Gasteiger partial charge is 0.223 e. The van der Waals surface area contributed by atoms with Crippen LogP contribution in [0.3, 0.4) is 0 Å². The predicted octanol–water partition coefficient (Wildman–Crippen LogP) is 1.55. The topological polar surface area (TPSA) is 67.6 Å². The van der Waals surface area contributed by atoms with Crippen LogP contribution in [0.4, 0.5) is 0 Å². The second kappa shape index (κ2) is 8.60. The summed E-state index contributed by atoms with van der Waals surface area (Å²) in [5.74, 6) is 0.584. The number of hydrogen-bond acceptors (Lipinski definition) is 4. The molecule has 1 aromatic rings. The summed E-state index contributed by atoms with van der Waals surface area (Å²) in [5.41, 5.74) is 7.02. The summed E-state index contributed by atoms with van der Waals surface area (Å²) < 4.78 is 5.44. The first-order chi connectivity index (χ1) is 11.8. The second-order valence-corrected chi connectivity index (χ2v) is 6.92. The summed E-state index contributed by atoms with van der Waals surface area (Å²) >= 11 is 0. The first kappa shape index (κ1) is 17.4. The molecule has 3 rings (SSSR count). The number of benzene rings is 1. The molecule has 0 radical (unpaired) electrons. The highest BCUT2D eigenvalue weighted by molar-refractivity contribution is 5.79. The minimum atomic E-state index is 0.0239. The van der Waals surface area contributed by atoms with E-state index in [0.29, 0.717) is 12.5 Å². The van der Waals surface area contributed by atoms with E-state index in [0.717, 1.165) is 52.1 Å². The Hall–Kier alpha value is -1.43. The van der Waals surface area contributed by atoms with E-state index in [1.54, 1.807) is 0 Å². The first-order valence-electron chi connectivity index (χ1n) is 9.13. The summed E-state index contributed by atoms with van der Waals surface area (Å²) in [5, 5.41) is 3.31. The number of amides is 1. The number of carbonyl (C=O) groups is 1. The van der Waals surface area contributed by atoms with Crippen molar-refractivity contribution in [2.75, 3.05) is 39.4 Å². The van der Waals surface area contributed by atoms with Gasteiger partial charge in [-0.3, -0.25) is 9.69 Å². The van der Waals surface area contributed by atoms with Crippen molar-refractivity contribution in [2.24, 2.45) is 17.6 Å². The molecule has 5 nitrogen and oxygen atoms in total. The molecule has 1 saturated carbocycles. The number of hydrogen-bond donors (Lipinski definition) is 2. The Morgan fingerprint density at radius 1 is 1.25 bits per heavy atom. The molecule has 1 heterocycles. The summed E-state index contributed by atoms with van der Waals surface area (Å²) in [6.45, 7) is 4.83. The van der Waals surface area contributed by atoms with Crippen LogP contribution in [0.25, 0.3) is 0 Å². The Labute approximate surface area is 144 Å². The fraction of sp³-hybridized carbons (Fsp3) is 0.632. The van der Waals surface area contributed by atoms with E-state index in [9.17, 15) is 4.79 Å². The molecule has 3 atom stereocenters. The van der Waals surface area contributed by atoms with Gasteiger partial charge in [0.25, 0.3) is 0 Å². The summed E-state index contributed by atoms with van der Waals surface area (Å²) in [6, 6.07) is 10.3. The average Bonchev–Trinajstić information content (AvgIpc) is 3.12. The number of morpholine rings is 1. The van der Waals surface area contributed by atoms with Gasteiger partial charge in [0, 0.05) is 25.6 Å². The van der Waals surface area contributed by atoms with Gasteiger partial charge in [0.2, 0.25) is 5.91 Å². The number of carbonyl (C=O) groups excluding carboxylic acids is 1. The fourth-order valence-corrected chi connectivity index (χ4v) is 3.90. The van der Waals surface area contributed by atoms with Crippen LogP contribution < -0.4 is 11.1 Å². The molecule has 0 spiro atoms. The van der Waals surface area contributed by atoms with E-state index in [-0.39, 0.29) is 17.9 Å². The molecule has 1 aromatic carbocycles. The minimum absolute atomic E-state index is 0.0239. The van der Waals surface area contributed by atoms with Gasteiger partial charge in [-0.25, -0.2) is 0 Å². The molecule has 1 aliphatic heterocycles. The van der Waals surface area contributed by atoms with Crippen molar-refractivity contribution >= 4 is 5.91 Å². The predicted molar refractivity (Wildman–Crippen MR) is 94.5 cm³/mol. The second-order valence-electron chi connectivity index (χ2n) is 6.92. The van der Waals surface area contributed by atoms with E-state index in [1.165, 1.54) is 5.56 Å². The molecule has 1 unspecified atom stereocenters. The maximum Gasteiger partial charge on any atom is 0.223 e. The van der Waals surface area contributed by atoms with Crippen LogP contribution in [0.2, 0.25) is 0 Å². The SMILES string of the molecule is NC[C@H]1CCC[C@H]1C(=O)NC(CN1CCOCC1)c1ccccc1. The molecular formula is C19H29N3O2. The van der Waals surface area contributed by atoms with Crippen LogP contribution in [0.5, 0.6) is 0 Å². The van der Waals surface area contributed by atoms with Crippen molar-refractivity contribution in [3.8, 4) is 0 Å². The van der Waals surface area contributed by atoms with Gasteiger partial charge < -0.3 is 15.8 Å². The average molecular weight is 331 g/mol. The van der Waals surface area contributed by atoms with Crippen LogP contribution in [0, 0.1) is 11.8 Å². The molecule has 3 N–H and O–H groups in total. The molecule has 0 aromatic heterocycles. The van der Waals surface area contributed by atoms with Gasteiger partial charge in [-0.15, -0.1) is 0 Å². The van der Waals surface area contributed by atoms with E-state index in [4.69, 9.17) is 10.5 Å². The van der Waals surface area contributed by atoms with Crippen LogP contribution in [-0.4, -0.2) is 50.2 Å². The fourth-order valence-electron chi connectivity index (χ4n) is 3.90. The molecule has 0 bridgehead atoms.